The number of amides is 2. The molecule has 3 N–H and O–H groups in total. The van der Waals surface area contributed by atoms with Crippen LogP contribution in [0.4, 0.5) is 4.79 Å². The van der Waals surface area contributed by atoms with Crippen LogP contribution in [0.5, 0.6) is 0 Å². The Labute approximate surface area is 118 Å². The number of hydrogen-bond donors (Lipinski definition) is 3. The second kappa shape index (κ2) is 6.91. The Bertz CT molecular complexity index is 460. The van der Waals surface area contributed by atoms with E-state index in [0.29, 0.717) is 5.56 Å². The zero-order valence-corrected chi connectivity index (χ0v) is 11.8. The minimum atomic E-state index is -1.11. The van der Waals surface area contributed by atoms with Gasteiger partial charge in [0.15, 0.2) is 6.04 Å². The number of carboxylic acid groups (broad SMARTS) is 1. The van der Waals surface area contributed by atoms with E-state index in [0.717, 1.165) is 0 Å². The van der Waals surface area contributed by atoms with Gasteiger partial charge in [0.25, 0.3) is 0 Å². The molecule has 110 valence electrons. The van der Waals surface area contributed by atoms with Crippen molar-refractivity contribution in [2.45, 2.75) is 25.5 Å². The fourth-order valence-electron chi connectivity index (χ4n) is 1.48. The second-order valence-electron chi connectivity index (χ2n) is 4.97. The summed E-state index contributed by atoms with van der Waals surface area (Å²) < 4.78 is 5.17. The summed E-state index contributed by atoms with van der Waals surface area (Å²) >= 11 is 0. The van der Waals surface area contributed by atoms with Gasteiger partial charge in [-0.3, -0.25) is 0 Å². The fraction of sp³-hybridized carbons (Fsp3) is 0.429. The summed E-state index contributed by atoms with van der Waals surface area (Å²) in [5.74, 6) is -1.11. The summed E-state index contributed by atoms with van der Waals surface area (Å²) in [7, 11) is 1.55. The molecule has 1 aromatic carbocycles. The highest BCUT2D eigenvalue weighted by atomic mass is 16.5. The minimum absolute atomic E-state index is 0.274. The molecular weight excluding hydrogens is 260 g/mol. The first-order valence-corrected chi connectivity index (χ1v) is 6.23. The molecule has 0 spiro atoms. The first kappa shape index (κ1) is 16.0. The van der Waals surface area contributed by atoms with E-state index in [4.69, 9.17) is 4.74 Å². The van der Waals surface area contributed by atoms with E-state index >= 15 is 0 Å². The molecule has 0 aliphatic rings. The maximum absolute atomic E-state index is 11.8. The molecule has 0 aromatic heterocycles. The lowest BCUT2D eigenvalue weighted by atomic mass is 10.1. The van der Waals surface area contributed by atoms with Crippen LogP contribution in [0.1, 0.15) is 25.5 Å². The third-order valence-electron chi connectivity index (χ3n) is 2.88. The highest BCUT2D eigenvalue weighted by molar-refractivity contribution is 5.83. The van der Waals surface area contributed by atoms with Crippen LogP contribution >= 0.6 is 0 Å². The number of nitrogens with one attached hydrogen (secondary N) is 2. The summed E-state index contributed by atoms with van der Waals surface area (Å²) in [6.45, 7) is 3.91. The molecule has 0 unspecified atom stereocenters. The Balaban J connectivity index is 2.64. The molecule has 0 aliphatic heterocycles. The largest absolute Gasteiger partial charge is 0.479 e. The monoisotopic (exact) mass is 280 g/mol. The lowest BCUT2D eigenvalue weighted by Crippen LogP contribution is -2.46. The van der Waals surface area contributed by atoms with Crippen LogP contribution in [0.2, 0.25) is 0 Å². The van der Waals surface area contributed by atoms with E-state index in [9.17, 15) is 14.7 Å². The average Bonchev–Trinajstić information content (AvgIpc) is 2.43. The van der Waals surface area contributed by atoms with E-state index in [1.165, 1.54) is 0 Å². The van der Waals surface area contributed by atoms with Gasteiger partial charge in [-0.2, -0.15) is 0 Å². The Hall–Kier alpha value is -2.08. The van der Waals surface area contributed by atoms with Crippen LogP contribution in [0.3, 0.4) is 0 Å². The number of benzene rings is 1. The van der Waals surface area contributed by atoms with E-state index in [2.05, 4.69) is 10.6 Å². The van der Waals surface area contributed by atoms with Gasteiger partial charge in [-0.05, 0) is 19.4 Å². The van der Waals surface area contributed by atoms with Gasteiger partial charge in [-0.25, -0.2) is 9.59 Å². The lowest BCUT2D eigenvalue weighted by Gasteiger charge is -2.24. The molecule has 1 aromatic rings. The van der Waals surface area contributed by atoms with E-state index < -0.39 is 23.6 Å². The number of carbonyl (C=O) groups excluding carboxylic acids is 1. The summed E-state index contributed by atoms with van der Waals surface area (Å²) in [5, 5.41) is 14.2. The predicted octanol–water partition coefficient (Wildman–Crippen LogP) is 1.54. The molecule has 0 radical (unpaired) electrons. The summed E-state index contributed by atoms with van der Waals surface area (Å²) in [6.07, 6.45) is 0. The van der Waals surface area contributed by atoms with Crippen molar-refractivity contribution in [3.05, 3.63) is 35.9 Å². The van der Waals surface area contributed by atoms with Crippen molar-refractivity contribution in [3.8, 4) is 0 Å². The van der Waals surface area contributed by atoms with Crippen molar-refractivity contribution in [3.63, 3.8) is 0 Å². The Morgan fingerprint density at radius 2 is 1.90 bits per heavy atom. The van der Waals surface area contributed by atoms with Crippen LogP contribution in [0, 0.1) is 0 Å². The third kappa shape index (κ3) is 4.89. The van der Waals surface area contributed by atoms with Gasteiger partial charge in [0.2, 0.25) is 0 Å². The molecule has 20 heavy (non-hydrogen) atoms. The van der Waals surface area contributed by atoms with Crippen LogP contribution in [-0.4, -0.2) is 36.4 Å². The highest BCUT2D eigenvalue weighted by Crippen LogP contribution is 2.12. The van der Waals surface area contributed by atoms with E-state index in [1.807, 2.05) is 13.8 Å². The summed E-state index contributed by atoms with van der Waals surface area (Å²) in [4.78, 5) is 23.0. The standard InChI is InChI=1S/C14H20N2O4/c1-14(2,20-3)9-15-13(19)16-11(12(17)18)10-7-5-4-6-8-10/h4-8,11H,9H2,1-3H3,(H,17,18)(H2,15,16,19)/t11-/m0/s1. The maximum Gasteiger partial charge on any atom is 0.330 e. The number of methoxy groups -OCH3 is 1. The maximum atomic E-state index is 11.8. The van der Waals surface area contributed by atoms with Gasteiger partial charge >= 0.3 is 12.0 Å². The van der Waals surface area contributed by atoms with Gasteiger partial charge in [0, 0.05) is 13.7 Å². The van der Waals surface area contributed by atoms with Crippen LogP contribution in [0.15, 0.2) is 30.3 Å². The van der Waals surface area contributed by atoms with Crippen LogP contribution in [0.25, 0.3) is 0 Å². The molecule has 6 nitrogen and oxygen atoms in total. The SMILES string of the molecule is COC(C)(C)CNC(=O)N[C@H](C(=O)O)c1ccccc1. The Kier molecular flexibility index (Phi) is 5.52. The van der Waals surface area contributed by atoms with Gasteiger partial charge in [0.05, 0.1) is 5.60 Å². The molecule has 1 atom stereocenters. The molecule has 0 fully saturated rings. The lowest BCUT2D eigenvalue weighted by molar-refractivity contribution is -0.139. The van der Waals surface area contributed by atoms with Crippen molar-refractivity contribution in [1.82, 2.24) is 10.6 Å². The van der Waals surface area contributed by atoms with E-state index in [-0.39, 0.29) is 6.54 Å². The number of rotatable bonds is 6. The molecule has 0 bridgehead atoms. The highest BCUT2D eigenvalue weighted by Gasteiger charge is 2.23. The molecular formula is C14H20N2O4. The number of urea groups is 1. The normalized spacial score (nSPS) is 12.6. The van der Waals surface area contributed by atoms with Crippen molar-refractivity contribution in [2.75, 3.05) is 13.7 Å². The van der Waals surface area contributed by atoms with Gasteiger partial charge in [0.1, 0.15) is 0 Å². The van der Waals surface area contributed by atoms with Gasteiger partial charge in [-0.15, -0.1) is 0 Å². The molecule has 0 heterocycles. The molecule has 6 heteroatoms. The minimum Gasteiger partial charge on any atom is -0.479 e. The Morgan fingerprint density at radius 1 is 1.30 bits per heavy atom. The summed E-state index contributed by atoms with van der Waals surface area (Å²) in [5.41, 5.74) is 0.00385. The van der Waals surface area contributed by atoms with Crippen LogP contribution < -0.4 is 10.6 Å². The number of hydrogen-bond acceptors (Lipinski definition) is 3. The zero-order chi connectivity index (χ0) is 15.2. The third-order valence-corrected chi connectivity index (χ3v) is 2.88. The molecule has 0 saturated heterocycles. The van der Waals surface area contributed by atoms with Crippen LogP contribution in [-0.2, 0) is 9.53 Å². The molecule has 0 saturated carbocycles. The smallest absolute Gasteiger partial charge is 0.330 e. The van der Waals surface area contributed by atoms with E-state index in [1.54, 1.807) is 37.4 Å². The first-order valence-electron chi connectivity index (χ1n) is 6.23. The van der Waals surface area contributed by atoms with Gasteiger partial charge in [-0.1, -0.05) is 30.3 Å². The number of carbonyl (C=O) groups is 2. The second-order valence-corrected chi connectivity index (χ2v) is 4.97. The number of ether oxygens (including phenoxy) is 1. The van der Waals surface area contributed by atoms with Crippen molar-refractivity contribution in [1.29, 1.82) is 0 Å². The number of carboxylic acids is 1. The van der Waals surface area contributed by atoms with Crippen molar-refractivity contribution >= 4 is 12.0 Å². The Morgan fingerprint density at radius 3 is 2.40 bits per heavy atom. The molecule has 2 amide bonds. The summed E-state index contributed by atoms with van der Waals surface area (Å²) in [6, 6.07) is 6.89. The van der Waals surface area contributed by atoms with Gasteiger partial charge < -0.3 is 20.5 Å². The van der Waals surface area contributed by atoms with Crippen molar-refractivity contribution in [2.24, 2.45) is 0 Å². The number of aliphatic carboxylic acids is 1. The quantitative estimate of drug-likeness (QED) is 0.737. The topological polar surface area (TPSA) is 87.7 Å². The van der Waals surface area contributed by atoms with Crippen molar-refractivity contribution < 1.29 is 19.4 Å². The zero-order valence-electron chi connectivity index (χ0n) is 11.8. The molecule has 1 rings (SSSR count). The first-order chi connectivity index (χ1) is 9.35. The molecule has 0 aliphatic carbocycles. The fourth-order valence-corrected chi connectivity index (χ4v) is 1.48. The average molecular weight is 280 g/mol. The predicted molar refractivity (Wildman–Crippen MR) is 74.4 cm³/mol.